The molecule has 1 aromatic rings. The summed E-state index contributed by atoms with van der Waals surface area (Å²) in [6.07, 6.45) is 4.00. The van der Waals surface area contributed by atoms with Gasteiger partial charge in [0.05, 0.1) is 5.69 Å². The van der Waals surface area contributed by atoms with Gasteiger partial charge < -0.3 is 16.8 Å². The highest BCUT2D eigenvalue weighted by Gasteiger charge is 2.15. The maximum absolute atomic E-state index is 11.2. The molecular formula is C12H21N3O3S. The first-order chi connectivity index (χ1) is 8.95. The highest BCUT2D eigenvalue weighted by Crippen LogP contribution is 2.23. The lowest BCUT2D eigenvalue weighted by Crippen LogP contribution is -2.08. The molecule has 6 N–H and O–H groups in total. The SMILES string of the molecule is NCCCCCCNc1ccc(N)cc1S(=O)(=O)O. The topological polar surface area (TPSA) is 118 Å². The summed E-state index contributed by atoms with van der Waals surface area (Å²) >= 11 is 0. The summed E-state index contributed by atoms with van der Waals surface area (Å²) in [6, 6.07) is 4.38. The zero-order valence-corrected chi connectivity index (χ0v) is 11.6. The third-order valence-electron chi connectivity index (χ3n) is 2.73. The third-order valence-corrected chi connectivity index (χ3v) is 3.62. The Morgan fingerprint density at radius 3 is 2.47 bits per heavy atom. The van der Waals surface area contributed by atoms with Crippen molar-refractivity contribution in [1.82, 2.24) is 0 Å². The molecule has 1 rings (SSSR count). The molecule has 108 valence electrons. The molecule has 0 aliphatic heterocycles. The molecule has 0 saturated carbocycles. The fourth-order valence-electron chi connectivity index (χ4n) is 1.74. The Morgan fingerprint density at radius 1 is 1.16 bits per heavy atom. The quantitative estimate of drug-likeness (QED) is 0.326. The van der Waals surface area contributed by atoms with E-state index in [1.165, 1.54) is 6.07 Å². The Hall–Kier alpha value is -1.31. The van der Waals surface area contributed by atoms with Crippen molar-refractivity contribution in [2.24, 2.45) is 5.73 Å². The average Bonchev–Trinajstić information content (AvgIpc) is 2.34. The summed E-state index contributed by atoms with van der Waals surface area (Å²) in [6.45, 7) is 1.33. The predicted molar refractivity (Wildman–Crippen MR) is 76.7 cm³/mol. The molecule has 0 spiro atoms. The maximum atomic E-state index is 11.2. The molecule has 6 nitrogen and oxygen atoms in total. The number of hydrogen-bond donors (Lipinski definition) is 4. The van der Waals surface area contributed by atoms with E-state index in [0.717, 1.165) is 25.7 Å². The molecular weight excluding hydrogens is 266 g/mol. The monoisotopic (exact) mass is 287 g/mol. The number of nitrogens with two attached hydrogens (primary N) is 2. The Bertz CT molecular complexity index is 503. The fourth-order valence-corrected chi connectivity index (χ4v) is 2.45. The van der Waals surface area contributed by atoms with E-state index < -0.39 is 10.1 Å². The Kier molecular flexibility index (Phi) is 6.07. The molecule has 0 radical (unpaired) electrons. The van der Waals surface area contributed by atoms with Gasteiger partial charge >= 0.3 is 0 Å². The average molecular weight is 287 g/mol. The van der Waals surface area contributed by atoms with Gasteiger partial charge in [0.2, 0.25) is 0 Å². The van der Waals surface area contributed by atoms with Gasteiger partial charge in [0.1, 0.15) is 4.90 Å². The van der Waals surface area contributed by atoms with Crippen molar-refractivity contribution in [2.75, 3.05) is 24.1 Å². The molecule has 0 unspecified atom stereocenters. The Labute approximate surface area is 113 Å². The van der Waals surface area contributed by atoms with Crippen LogP contribution in [0.3, 0.4) is 0 Å². The first-order valence-corrected chi connectivity index (χ1v) is 7.70. The van der Waals surface area contributed by atoms with Gasteiger partial charge in [-0.05, 0) is 37.6 Å². The number of hydrogen-bond acceptors (Lipinski definition) is 5. The molecule has 0 aliphatic rings. The van der Waals surface area contributed by atoms with Crippen LogP contribution in [0.25, 0.3) is 0 Å². The summed E-state index contributed by atoms with van der Waals surface area (Å²) < 4.78 is 31.6. The van der Waals surface area contributed by atoms with Gasteiger partial charge in [0.25, 0.3) is 10.1 Å². The Balaban J connectivity index is 2.59. The van der Waals surface area contributed by atoms with Crippen LogP contribution < -0.4 is 16.8 Å². The maximum Gasteiger partial charge on any atom is 0.296 e. The summed E-state index contributed by atoms with van der Waals surface area (Å²) in [7, 11) is -4.27. The van der Waals surface area contributed by atoms with Crippen molar-refractivity contribution < 1.29 is 13.0 Å². The van der Waals surface area contributed by atoms with Crippen LogP contribution in [-0.4, -0.2) is 26.1 Å². The van der Waals surface area contributed by atoms with Crippen molar-refractivity contribution in [1.29, 1.82) is 0 Å². The molecule has 0 fully saturated rings. The van der Waals surface area contributed by atoms with E-state index in [2.05, 4.69) is 5.32 Å². The van der Waals surface area contributed by atoms with Crippen molar-refractivity contribution in [3.05, 3.63) is 18.2 Å². The molecule has 1 aromatic carbocycles. The predicted octanol–water partition coefficient (Wildman–Crippen LogP) is 1.45. The summed E-state index contributed by atoms with van der Waals surface area (Å²) in [5.74, 6) is 0. The number of nitrogens with one attached hydrogen (secondary N) is 1. The number of rotatable bonds is 8. The van der Waals surface area contributed by atoms with Crippen molar-refractivity contribution in [3.8, 4) is 0 Å². The minimum atomic E-state index is -4.27. The van der Waals surface area contributed by atoms with E-state index in [1.54, 1.807) is 12.1 Å². The molecule has 0 saturated heterocycles. The van der Waals surface area contributed by atoms with E-state index in [4.69, 9.17) is 16.0 Å². The highest BCUT2D eigenvalue weighted by molar-refractivity contribution is 7.86. The summed E-state index contributed by atoms with van der Waals surface area (Å²) in [5.41, 5.74) is 11.6. The van der Waals surface area contributed by atoms with Crippen LogP contribution in [0.4, 0.5) is 11.4 Å². The standard InChI is InChI=1S/C12H21N3O3S/c13-7-3-1-2-4-8-15-11-6-5-10(14)9-12(11)19(16,17)18/h5-6,9,15H,1-4,7-8,13-14H2,(H,16,17,18). The zero-order chi connectivity index (χ0) is 14.3. The van der Waals surface area contributed by atoms with Gasteiger partial charge in [-0.1, -0.05) is 12.8 Å². The van der Waals surface area contributed by atoms with Gasteiger partial charge in [-0.15, -0.1) is 0 Å². The van der Waals surface area contributed by atoms with E-state index in [1.807, 2.05) is 0 Å². The lowest BCUT2D eigenvalue weighted by atomic mass is 10.2. The lowest BCUT2D eigenvalue weighted by Gasteiger charge is -2.10. The first kappa shape index (κ1) is 15.7. The highest BCUT2D eigenvalue weighted by atomic mass is 32.2. The molecule has 7 heteroatoms. The smallest absolute Gasteiger partial charge is 0.296 e. The molecule has 0 bridgehead atoms. The van der Waals surface area contributed by atoms with E-state index >= 15 is 0 Å². The minimum Gasteiger partial charge on any atom is -0.399 e. The van der Waals surface area contributed by atoms with Gasteiger partial charge in [-0.25, -0.2) is 0 Å². The molecule has 0 amide bonds. The van der Waals surface area contributed by atoms with Gasteiger partial charge in [0.15, 0.2) is 0 Å². The molecule has 0 heterocycles. The molecule has 19 heavy (non-hydrogen) atoms. The van der Waals surface area contributed by atoms with Crippen LogP contribution in [-0.2, 0) is 10.1 Å². The van der Waals surface area contributed by atoms with E-state index in [-0.39, 0.29) is 4.90 Å². The van der Waals surface area contributed by atoms with Crippen molar-refractivity contribution in [2.45, 2.75) is 30.6 Å². The van der Waals surface area contributed by atoms with Crippen molar-refractivity contribution in [3.63, 3.8) is 0 Å². The number of benzene rings is 1. The van der Waals surface area contributed by atoms with Crippen LogP contribution in [0.2, 0.25) is 0 Å². The number of nitrogen functional groups attached to an aromatic ring is 1. The molecule has 0 aliphatic carbocycles. The third kappa shape index (κ3) is 5.46. The zero-order valence-electron chi connectivity index (χ0n) is 10.8. The number of anilines is 2. The largest absolute Gasteiger partial charge is 0.399 e. The second-order valence-corrected chi connectivity index (χ2v) is 5.75. The molecule has 0 aromatic heterocycles. The summed E-state index contributed by atoms with van der Waals surface area (Å²) in [5, 5.41) is 3.00. The second-order valence-electron chi connectivity index (χ2n) is 4.36. The second kappa shape index (κ2) is 7.32. The first-order valence-electron chi connectivity index (χ1n) is 6.26. The normalized spacial score (nSPS) is 11.5. The Morgan fingerprint density at radius 2 is 1.84 bits per heavy atom. The van der Waals surface area contributed by atoms with Crippen LogP contribution in [0.1, 0.15) is 25.7 Å². The van der Waals surface area contributed by atoms with E-state index in [0.29, 0.717) is 24.5 Å². The van der Waals surface area contributed by atoms with Gasteiger partial charge in [-0.2, -0.15) is 8.42 Å². The van der Waals surface area contributed by atoms with Crippen LogP contribution in [0, 0.1) is 0 Å². The van der Waals surface area contributed by atoms with Gasteiger partial charge in [0, 0.05) is 12.2 Å². The molecule has 0 atom stereocenters. The fraction of sp³-hybridized carbons (Fsp3) is 0.500. The number of unbranched alkanes of at least 4 members (excludes halogenated alkanes) is 3. The lowest BCUT2D eigenvalue weighted by molar-refractivity contribution is 0.483. The van der Waals surface area contributed by atoms with Crippen molar-refractivity contribution >= 4 is 21.5 Å². The van der Waals surface area contributed by atoms with E-state index in [9.17, 15) is 8.42 Å². The summed E-state index contributed by atoms with van der Waals surface area (Å²) in [4.78, 5) is -0.186. The van der Waals surface area contributed by atoms with Crippen LogP contribution in [0.5, 0.6) is 0 Å². The van der Waals surface area contributed by atoms with Gasteiger partial charge in [-0.3, -0.25) is 4.55 Å². The minimum absolute atomic E-state index is 0.186. The van der Waals surface area contributed by atoms with Crippen LogP contribution in [0.15, 0.2) is 23.1 Å². The van der Waals surface area contributed by atoms with Crippen LogP contribution >= 0.6 is 0 Å².